The van der Waals surface area contributed by atoms with Crippen LogP contribution in [0.4, 0.5) is 45.5 Å². The topological polar surface area (TPSA) is 9.72 Å². The highest BCUT2D eigenvalue weighted by molar-refractivity contribution is 7.01. The Morgan fingerprint density at radius 2 is 0.867 bits per heavy atom. The Kier molecular flexibility index (Phi) is 9.95. The number of nitrogens with zero attached hydrogens (tertiary/aromatic N) is 3. The second-order valence-corrected chi connectivity index (χ2v) is 24.8. The summed E-state index contributed by atoms with van der Waals surface area (Å²) in [5.74, 6) is 0. The minimum Gasteiger partial charge on any atom is -0.334 e. The molecule has 3 nitrogen and oxygen atoms in total. The number of rotatable bonds is 6. The van der Waals surface area contributed by atoms with Crippen LogP contribution in [0.3, 0.4) is 0 Å². The van der Waals surface area contributed by atoms with Crippen LogP contribution in [0.25, 0.3) is 11.1 Å². The van der Waals surface area contributed by atoms with E-state index in [0.717, 1.165) is 12.8 Å². The Bertz CT molecular complexity index is 3540. The molecule has 0 bridgehead atoms. The lowest BCUT2D eigenvalue weighted by atomic mass is 9.28. The van der Waals surface area contributed by atoms with Gasteiger partial charge in [-0.3, -0.25) is 0 Å². The van der Waals surface area contributed by atoms with Crippen LogP contribution >= 0.6 is 0 Å². The molecule has 4 aliphatic heterocycles. The number of fused-ring (bicyclic) bond motifs is 3. The van der Waals surface area contributed by atoms with Crippen LogP contribution in [0.1, 0.15) is 120 Å². The Morgan fingerprint density at radius 3 is 1.36 bits per heavy atom. The third-order valence-corrected chi connectivity index (χ3v) is 18.8. The Balaban J connectivity index is 1.11. The highest BCUT2D eigenvalue weighted by Crippen LogP contribution is 2.63. The van der Waals surface area contributed by atoms with E-state index in [1.54, 1.807) is 0 Å². The van der Waals surface area contributed by atoms with E-state index in [0.29, 0.717) is 0 Å². The van der Waals surface area contributed by atoms with Crippen molar-refractivity contribution in [1.82, 2.24) is 0 Å². The molecule has 0 radical (unpaired) electrons. The maximum Gasteiger partial charge on any atom is 0.253 e. The van der Waals surface area contributed by atoms with E-state index in [1.807, 2.05) is 0 Å². The fourth-order valence-electron chi connectivity index (χ4n) is 14.9. The molecule has 1 fully saturated rings. The van der Waals surface area contributed by atoms with Crippen LogP contribution in [0.5, 0.6) is 0 Å². The average Bonchev–Trinajstić information content (AvgIpc) is 3.71. The highest BCUT2D eigenvalue weighted by atomic mass is 15.3. The molecule has 4 heterocycles. The van der Waals surface area contributed by atoms with Crippen LogP contribution < -0.4 is 31.1 Å². The number of hydrogen-bond acceptors (Lipinski definition) is 3. The van der Waals surface area contributed by atoms with Crippen molar-refractivity contribution < 1.29 is 0 Å². The predicted molar refractivity (Wildman–Crippen MR) is 318 cm³/mol. The third-order valence-electron chi connectivity index (χ3n) is 18.8. The van der Waals surface area contributed by atoms with Crippen LogP contribution in [0.15, 0.2) is 206 Å². The van der Waals surface area contributed by atoms with E-state index in [4.69, 9.17) is 0 Å². The molecule has 0 N–H and O–H groups in total. The number of benzene rings is 9. The molecule has 0 spiro atoms. The van der Waals surface area contributed by atoms with Crippen LogP contribution in [0, 0.1) is 0 Å². The number of anilines is 8. The SMILES string of the molecule is CC(C)(C)c1ccc(N2c3cc(N4c5ccc(-c6ccccc6)cc5C5(C)CCCCC45C)cc4c3B3c5c2cccc5C(c2ccccc2)(c2ccccc2)c2cccc(c23)N4c2ccc(C(C)(C)C)cc2)cc1. The Hall–Kier alpha value is -7.56. The second kappa shape index (κ2) is 16.2. The second-order valence-electron chi connectivity index (χ2n) is 24.8. The Morgan fingerprint density at radius 1 is 0.387 bits per heavy atom. The highest BCUT2D eigenvalue weighted by Gasteiger charge is 2.59. The van der Waals surface area contributed by atoms with Gasteiger partial charge in [0.1, 0.15) is 0 Å². The first-order valence-electron chi connectivity index (χ1n) is 27.6. The summed E-state index contributed by atoms with van der Waals surface area (Å²) >= 11 is 0. The maximum absolute atomic E-state index is 2.81. The molecule has 5 aliphatic rings. The van der Waals surface area contributed by atoms with E-state index in [1.165, 1.54) is 125 Å². The molecule has 0 aromatic heterocycles. The van der Waals surface area contributed by atoms with E-state index in [2.05, 4.69) is 276 Å². The molecule has 9 aromatic carbocycles. The van der Waals surface area contributed by atoms with Crippen molar-refractivity contribution in [2.24, 2.45) is 0 Å². The largest absolute Gasteiger partial charge is 0.334 e. The zero-order valence-corrected chi connectivity index (χ0v) is 44.9. The summed E-state index contributed by atoms with van der Waals surface area (Å²) in [6.45, 7) is 19.1. The minimum atomic E-state index is -0.605. The summed E-state index contributed by atoms with van der Waals surface area (Å²) in [5.41, 5.74) is 25.2. The standard InChI is InChI=1S/C71H66BN3/c1-67(2,3)49-33-37-53(38-34-49)73-60-30-20-28-56-64(60)72-65-57(71(56,51-24-14-10-15-25-51)52-26-16-11-17-27-52)29-21-31-61(65)74(54-39-35-50(36-40-54)68(4,5)6)63-46-55(45-62(73)66(63)72)75-59-41-32-48(47-22-12-9-13-23-47)44-58(59)69(7)42-18-19-43-70(69,75)8/h9-17,20-41,44-46H,18-19,42-43H2,1-8H3. The summed E-state index contributed by atoms with van der Waals surface area (Å²) in [4.78, 5) is 8.12. The van der Waals surface area contributed by atoms with Gasteiger partial charge in [-0.2, -0.15) is 0 Å². The van der Waals surface area contributed by atoms with Crippen molar-refractivity contribution in [1.29, 1.82) is 0 Å². The van der Waals surface area contributed by atoms with Crippen molar-refractivity contribution >= 4 is 68.6 Å². The van der Waals surface area contributed by atoms with Gasteiger partial charge in [-0.05, 0) is 158 Å². The first-order valence-corrected chi connectivity index (χ1v) is 27.6. The fraction of sp³-hybridized carbons (Fsp3) is 0.239. The lowest BCUT2D eigenvalue weighted by Crippen LogP contribution is -2.68. The molecular weight excluding hydrogens is 906 g/mol. The molecule has 1 saturated carbocycles. The first-order chi connectivity index (χ1) is 36.2. The van der Waals surface area contributed by atoms with Crippen molar-refractivity contribution in [2.45, 2.75) is 108 Å². The maximum atomic E-state index is 2.81. The fourth-order valence-corrected chi connectivity index (χ4v) is 14.9. The normalized spacial score (nSPS) is 19.6. The van der Waals surface area contributed by atoms with Gasteiger partial charge in [0.15, 0.2) is 0 Å². The molecule has 14 rings (SSSR count). The minimum absolute atomic E-state index is 0.0102. The number of hydrogen-bond donors (Lipinski definition) is 0. The Labute approximate surface area is 445 Å². The van der Waals surface area contributed by atoms with Crippen molar-refractivity contribution in [2.75, 3.05) is 14.7 Å². The zero-order valence-electron chi connectivity index (χ0n) is 44.9. The van der Waals surface area contributed by atoms with Gasteiger partial charge in [-0.15, -0.1) is 0 Å². The van der Waals surface area contributed by atoms with Crippen LogP contribution in [-0.4, -0.2) is 12.3 Å². The summed E-state index contributed by atoms with van der Waals surface area (Å²) in [6.07, 6.45) is 4.70. The van der Waals surface area contributed by atoms with Gasteiger partial charge in [-0.1, -0.05) is 207 Å². The van der Waals surface area contributed by atoms with Gasteiger partial charge in [0.25, 0.3) is 6.71 Å². The molecular formula is C71H66BN3. The van der Waals surface area contributed by atoms with Crippen LogP contribution in [0.2, 0.25) is 0 Å². The van der Waals surface area contributed by atoms with E-state index < -0.39 is 5.41 Å². The molecule has 0 amide bonds. The molecule has 368 valence electrons. The van der Waals surface area contributed by atoms with Gasteiger partial charge in [-0.25, -0.2) is 0 Å². The average molecular weight is 972 g/mol. The molecule has 75 heavy (non-hydrogen) atoms. The van der Waals surface area contributed by atoms with Crippen molar-refractivity contribution in [3.8, 4) is 11.1 Å². The lowest BCUT2D eigenvalue weighted by molar-refractivity contribution is 0.195. The van der Waals surface area contributed by atoms with Gasteiger partial charge in [0, 0.05) is 50.9 Å². The van der Waals surface area contributed by atoms with Gasteiger partial charge in [0.2, 0.25) is 0 Å². The predicted octanol–water partition coefficient (Wildman–Crippen LogP) is 16.5. The monoisotopic (exact) mass is 972 g/mol. The van der Waals surface area contributed by atoms with E-state index in [-0.39, 0.29) is 28.5 Å². The van der Waals surface area contributed by atoms with Crippen molar-refractivity contribution in [3.05, 3.63) is 245 Å². The van der Waals surface area contributed by atoms with E-state index >= 15 is 0 Å². The lowest BCUT2D eigenvalue weighted by Gasteiger charge is -2.53. The summed E-state index contributed by atoms with van der Waals surface area (Å²) in [5, 5.41) is 0. The zero-order chi connectivity index (χ0) is 51.2. The summed E-state index contributed by atoms with van der Waals surface area (Å²) < 4.78 is 0. The third kappa shape index (κ3) is 6.41. The van der Waals surface area contributed by atoms with Gasteiger partial charge >= 0.3 is 0 Å². The van der Waals surface area contributed by atoms with Gasteiger partial charge in [0.05, 0.1) is 11.0 Å². The molecule has 4 heteroatoms. The van der Waals surface area contributed by atoms with Crippen LogP contribution in [-0.2, 0) is 21.7 Å². The molecule has 1 aliphatic carbocycles. The van der Waals surface area contributed by atoms with Gasteiger partial charge < -0.3 is 14.7 Å². The molecule has 2 atom stereocenters. The quantitative estimate of drug-likeness (QED) is 0.154. The molecule has 0 saturated heterocycles. The summed E-state index contributed by atoms with van der Waals surface area (Å²) in [7, 11) is 0. The first kappa shape index (κ1) is 46.0. The summed E-state index contributed by atoms with van der Waals surface area (Å²) in [6, 6.07) is 79.8. The smallest absolute Gasteiger partial charge is 0.253 e. The molecule has 2 unspecified atom stereocenters. The van der Waals surface area contributed by atoms with Crippen molar-refractivity contribution in [3.63, 3.8) is 0 Å². The van der Waals surface area contributed by atoms with E-state index in [9.17, 15) is 0 Å². The molecule has 9 aromatic rings.